The number of nitrogen functional groups attached to an aromatic ring is 1. The molecule has 1 aromatic carbocycles. The van der Waals surface area contributed by atoms with Gasteiger partial charge in [-0.15, -0.1) is 0 Å². The molecular formula is C26H23F3N6O2. The van der Waals surface area contributed by atoms with Gasteiger partial charge in [-0.25, -0.2) is 15.0 Å². The first-order chi connectivity index (χ1) is 17.7. The fourth-order valence-electron chi connectivity index (χ4n) is 4.54. The van der Waals surface area contributed by atoms with Gasteiger partial charge in [-0.3, -0.25) is 9.20 Å². The average molecular weight is 509 g/mol. The number of hydrogen-bond acceptors (Lipinski definition) is 6. The van der Waals surface area contributed by atoms with Crippen molar-refractivity contribution in [2.75, 3.05) is 18.8 Å². The standard InChI is InChI=1S/C26H23F3N6O2/c1-2-22(36)34-13-3-4-17(15-34)23-20-10-12-32-25(30)35(20)24(33-23)16-5-7-19(8-6-16)37-21-14-18(9-11-31-21)26(27,28)29/h2,5-12,14,17H,1,3-4,13,15H2,(H2,30,32). The molecule has 1 fully saturated rings. The van der Waals surface area contributed by atoms with Crippen LogP contribution in [0, 0.1) is 0 Å². The molecule has 2 N–H and O–H groups in total. The number of benzene rings is 1. The van der Waals surface area contributed by atoms with Crippen molar-refractivity contribution in [3.8, 4) is 23.0 Å². The topological polar surface area (TPSA) is 98.6 Å². The van der Waals surface area contributed by atoms with Gasteiger partial charge in [-0.05, 0) is 55.3 Å². The summed E-state index contributed by atoms with van der Waals surface area (Å²) in [5.74, 6) is 0.869. The summed E-state index contributed by atoms with van der Waals surface area (Å²) in [4.78, 5) is 27.0. The van der Waals surface area contributed by atoms with Crippen LogP contribution in [-0.2, 0) is 11.0 Å². The van der Waals surface area contributed by atoms with Crippen LogP contribution in [0.15, 0.2) is 67.5 Å². The van der Waals surface area contributed by atoms with Crippen molar-refractivity contribution in [3.63, 3.8) is 0 Å². The molecule has 190 valence electrons. The Labute approximate surface area is 210 Å². The minimum atomic E-state index is -4.49. The zero-order chi connectivity index (χ0) is 26.2. The lowest BCUT2D eigenvalue weighted by Gasteiger charge is -2.31. The van der Waals surface area contributed by atoms with E-state index in [0.717, 1.165) is 42.4 Å². The van der Waals surface area contributed by atoms with Gasteiger partial charge in [0.15, 0.2) is 0 Å². The van der Waals surface area contributed by atoms with Crippen LogP contribution in [0.5, 0.6) is 11.6 Å². The van der Waals surface area contributed by atoms with Gasteiger partial charge in [-0.2, -0.15) is 13.2 Å². The highest BCUT2D eigenvalue weighted by atomic mass is 19.4. The van der Waals surface area contributed by atoms with E-state index in [1.165, 1.54) is 6.08 Å². The molecule has 8 nitrogen and oxygen atoms in total. The van der Waals surface area contributed by atoms with Crippen LogP contribution in [0.25, 0.3) is 16.9 Å². The van der Waals surface area contributed by atoms with Crippen molar-refractivity contribution >= 4 is 17.4 Å². The number of nitrogens with two attached hydrogens (primary N) is 1. The van der Waals surface area contributed by atoms with Gasteiger partial charge < -0.3 is 15.4 Å². The number of alkyl halides is 3. The van der Waals surface area contributed by atoms with Crippen LogP contribution in [-0.4, -0.2) is 43.2 Å². The third kappa shape index (κ3) is 4.84. The molecule has 1 aliphatic rings. The number of halogens is 3. The van der Waals surface area contributed by atoms with Crippen molar-refractivity contribution in [2.45, 2.75) is 24.9 Å². The van der Waals surface area contributed by atoms with E-state index in [9.17, 15) is 18.0 Å². The average Bonchev–Trinajstić information content (AvgIpc) is 3.29. The number of anilines is 1. The van der Waals surface area contributed by atoms with Gasteiger partial charge in [0, 0.05) is 43.0 Å². The Kier molecular flexibility index (Phi) is 6.28. The lowest BCUT2D eigenvalue weighted by Crippen LogP contribution is -2.38. The molecule has 0 saturated carbocycles. The van der Waals surface area contributed by atoms with Gasteiger partial charge in [0.1, 0.15) is 11.6 Å². The van der Waals surface area contributed by atoms with Crippen molar-refractivity contribution in [1.29, 1.82) is 0 Å². The van der Waals surface area contributed by atoms with Crippen LogP contribution in [0.2, 0.25) is 0 Å². The maximum atomic E-state index is 13.0. The van der Waals surface area contributed by atoms with Crippen molar-refractivity contribution in [3.05, 3.63) is 78.8 Å². The Morgan fingerprint density at radius 3 is 2.62 bits per heavy atom. The Morgan fingerprint density at radius 1 is 1.14 bits per heavy atom. The third-order valence-electron chi connectivity index (χ3n) is 6.30. The van der Waals surface area contributed by atoms with E-state index in [-0.39, 0.29) is 23.7 Å². The molecule has 37 heavy (non-hydrogen) atoms. The molecule has 1 amide bonds. The molecule has 1 saturated heterocycles. The SMILES string of the molecule is C=CC(=O)N1CCCC(c2nc(-c3ccc(Oc4cc(C(F)(F)F)ccn4)cc3)n3c(N)nccc23)C1. The van der Waals surface area contributed by atoms with Crippen molar-refractivity contribution < 1.29 is 22.7 Å². The second-order valence-corrected chi connectivity index (χ2v) is 8.68. The number of pyridine rings is 1. The highest BCUT2D eigenvalue weighted by Crippen LogP contribution is 2.35. The molecular weight excluding hydrogens is 485 g/mol. The van der Waals surface area contributed by atoms with Gasteiger partial charge in [-0.1, -0.05) is 6.58 Å². The number of hydrogen-bond donors (Lipinski definition) is 1. The maximum Gasteiger partial charge on any atom is 0.416 e. The second kappa shape index (κ2) is 9.57. The molecule has 1 aliphatic heterocycles. The largest absolute Gasteiger partial charge is 0.439 e. The molecule has 0 radical (unpaired) electrons. The normalized spacial score (nSPS) is 16.1. The number of carbonyl (C=O) groups excluding carboxylic acids is 1. The number of carbonyl (C=O) groups is 1. The van der Waals surface area contributed by atoms with Crippen LogP contribution in [0.1, 0.15) is 30.0 Å². The minimum absolute atomic E-state index is 0.0118. The lowest BCUT2D eigenvalue weighted by molar-refractivity contribution is -0.137. The summed E-state index contributed by atoms with van der Waals surface area (Å²) in [5.41, 5.74) is 7.71. The van der Waals surface area contributed by atoms with E-state index >= 15 is 0 Å². The first-order valence-electron chi connectivity index (χ1n) is 11.6. The molecule has 3 aromatic heterocycles. The van der Waals surface area contributed by atoms with Gasteiger partial charge in [0.2, 0.25) is 17.7 Å². The summed E-state index contributed by atoms with van der Waals surface area (Å²) in [6.07, 6.45) is 1.20. The number of rotatable bonds is 5. The fourth-order valence-corrected chi connectivity index (χ4v) is 4.54. The van der Waals surface area contributed by atoms with Gasteiger partial charge in [0.05, 0.1) is 16.8 Å². The van der Waals surface area contributed by atoms with Crippen molar-refractivity contribution in [1.82, 2.24) is 24.3 Å². The summed E-state index contributed by atoms with van der Waals surface area (Å²) in [5, 5.41) is 0. The molecule has 1 atom stereocenters. The first kappa shape index (κ1) is 24.3. The first-order valence-corrected chi connectivity index (χ1v) is 11.6. The van der Waals surface area contributed by atoms with Crippen LogP contribution in [0.4, 0.5) is 19.1 Å². The Hall–Kier alpha value is -4.41. The van der Waals surface area contributed by atoms with Crippen LogP contribution >= 0.6 is 0 Å². The number of fused-ring (bicyclic) bond motifs is 1. The smallest absolute Gasteiger partial charge is 0.416 e. The predicted octanol–water partition coefficient (Wildman–Crippen LogP) is 5.08. The number of ether oxygens (including phenoxy) is 1. The highest BCUT2D eigenvalue weighted by molar-refractivity contribution is 5.87. The highest BCUT2D eigenvalue weighted by Gasteiger charge is 2.31. The summed E-state index contributed by atoms with van der Waals surface area (Å²) >= 11 is 0. The number of aromatic nitrogens is 4. The van der Waals surface area contributed by atoms with Crippen LogP contribution in [0.3, 0.4) is 0 Å². The van der Waals surface area contributed by atoms with E-state index in [1.54, 1.807) is 39.8 Å². The minimum Gasteiger partial charge on any atom is -0.439 e. The maximum absolute atomic E-state index is 13.0. The fraction of sp³-hybridized carbons (Fsp3) is 0.231. The van der Waals surface area contributed by atoms with Crippen molar-refractivity contribution in [2.24, 2.45) is 0 Å². The number of amides is 1. The molecule has 4 aromatic rings. The molecule has 0 aliphatic carbocycles. The zero-order valence-electron chi connectivity index (χ0n) is 19.7. The molecule has 11 heteroatoms. The quantitative estimate of drug-likeness (QED) is 0.378. The van der Waals surface area contributed by atoms with E-state index in [2.05, 4.69) is 16.5 Å². The van der Waals surface area contributed by atoms with Gasteiger partial charge in [0.25, 0.3) is 0 Å². The summed E-state index contributed by atoms with van der Waals surface area (Å²) < 4.78 is 46.3. The summed E-state index contributed by atoms with van der Waals surface area (Å²) in [6, 6.07) is 10.3. The Bertz CT molecular complexity index is 1470. The number of piperidine rings is 1. The predicted molar refractivity (Wildman–Crippen MR) is 131 cm³/mol. The molecule has 0 bridgehead atoms. The van der Waals surface area contributed by atoms with E-state index in [1.807, 2.05) is 6.07 Å². The monoisotopic (exact) mass is 508 g/mol. The summed E-state index contributed by atoms with van der Waals surface area (Å²) in [6.45, 7) is 4.78. The number of imidazole rings is 1. The molecule has 4 heterocycles. The lowest BCUT2D eigenvalue weighted by atomic mass is 9.94. The number of nitrogens with zero attached hydrogens (tertiary/aromatic N) is 5. The van der Waals surface area contributed by atoms with E-state index in [4.69, 9.17) is 15.5 Å². The Balaban J connectivity index is 1.46. The molecule has 5 rings (SSSR count). The molecule has 1 unspecified atom stereocenters. The zero-order valence-corrected chi connectivity index (χ0v) is 19.7. The Morgan fingerprint density at radius 2 is 1.89 bits per heavy atom. The van der Waals surface area contributed by atoms with Crippen LogP contribution < -0.4 is 10.5 Å². The van der Waals surface area contributed by atoms with E-state index < -0.39 is 11.7 Å². The number of likely N-dealkylation sites (tertiary alicyclic amines) is 1. The van der Waals surface area contributed by atoms with Gasteiger partial charge >= 0.3 is 6.18 Å². The second-order valence-electron chi connectivity index (χ2n) is 8.68. The third-order valence-corrected chi connectivity index (χ3v) is 6.30. The summed E-state index contributed by atoms with van der Waals surface area (Å²) in [7, 11) is 0. The molecule has 0 spiro atoms. The van der Waals surface area contributed by atoms with E-state index in [0.29, 0.717) is 30.2 Å².